The topological polar surface area (TPSA) is 24.5 Å². The molecule has 0 aromatic carbocycles. The van der Waals surface area contributed by atoms with Gasteiger partial charge < -0.3 is 10.1 Å². The summed E-state index contributed by atoms with van der Waals surface area (Å²) in [6.07, 6.45) is 3.60. The molecule has 1 rings (SSSR count). The highest BCUT2D eigenvalue weighted by atomic mass is 16.5. The molecular weight excluding hydrogens is 236 g/mol. The average molecular weight is 270 g/mol. The van der Waals surface area contributed by atoms with Crippen LogP contribution in [0.3, 0.4) is 0 Å². The monoisotopic (exact) mass is 270 g/mol. The highest BCUT2D eigenvalue weighted by Crippen LogP contribution is 2.30. The summed E-state index contributed by atoms with van der Waals surface area (Å²) in [6.45, 7) is 16.1. The van der Waals surface area contributed by atoms with Gasteiger partial charge in [-0.3, -0.25) is 4.90 Å². The van der Waals surface area contributed by atoms with Gasteiger partial charge in [0.05, 0.1) is 0 Å². The lowest BCUT2D eigenvalue weighted by Crippen LogP contribution is -2.65. The van der Waals surface area contributed by atoms with Crippen molar-refractivity contribution in [3.8, 4) is 0 Å². The summed E-state index contributed by atoms with van der Waals surface area (Å²) in [7, 11) is 1.79. The number of unbranched alkanes of at least 4 members (excludes halogenated alkanes) is 1. The van der Waals surface area contributed by atoms with Gasteiger partial charge in [0.15, 0.2) is 0 Å². The molecule has 19 heavy (non-hydrogen) atoms. The number of nitrogens with one attached hydrogen (secondary N) is 1. The van der Waals surface area contributed by atoms with E-state index in [0.717, 1.165) is 13.2 Å². The summed E-state index contributed by atoms with van der Waals surface area (Å²) in [5, 5.41) is 3.77. The van der Waals surface area contributed by atoms with Gasteiger partial charge in [-0.05, 0) is 38.1 Å². The van der Waals surface area contributed by atoms with Crippen molar-refractivity contribution in [2.24, 2.45) is 5.41 Å². The molecule has 0 radical (unpaired) electrons. The Bertz CT molecular complexity index is 262. The molecule has 2 unspecified atom stereocenters. The molecule has 0 aliphatic carbocycles. The summed E-state index contributed by atoms with van der Waals surface area (Å²) >= 11 is 0. The van der Waals surface area contributed by atoms with Crippen molar-refractivity contribution in [1.29, 1.82) is 0 Å². The minimum atomic E-state index is 0.281. The van der Waals surface area contributed by atoms with Crippen LogP contribution in [0.5, 0.6) is 0 Å². The zero-order valence-electron chi connectivity index (χ0n) is 13.9. The Hall–Kier alpha value is -0.120. The third-order valence-corrected chi connectivity index (χ3v) is 4.54. The van der Waals surface area contributed by atoms with E-state index < -0.39 is 0 Å². The number of hydrogen-bond acceptors (Lipinski definition) is 3. The summed E-state index contributed by atoms with van der Waals surface area (Å²) in [4.78, 5) is 2.70. The molecule has 0 aromatic heterocycles. The Morgan fingerprint density at radius 2 is 2.00 bits per heavy atom. The first-order valence-electron chi connectivity index (χ1n) is 7.80. The lowest BCUT2D eigenvalue weighted by atomic mass is 9.81. The van der Waals surface area contributed by atoms with Gasteiger partial charge in [-0.25, -0.2) is 0 Å². The number of hydrogen-bond donors (Lipinski definition) is 1. The minimum Gasteiger partial charge on any atom is -0.385 e. The third-order valence-electron chi connectivity index (χ3n) is 4.54. The Labute approximate surface area is 120 Å². The van der Waals surface area contributed by atoms with Crippen molar-refractivity contribution in [2.45, 2.75) is 65.5 Å². The maximum Gasteiger partial charge on any atom is 0.0462 e. The van der Waals surface area contributed by atoms with Gasteiger partial charge in [-0.15, -0.1) is 0 Å². The second-order valence-corrected chi connectivity index (χ2v) is 7.35. The number of ether oxygens (including phenoxy) is 1. The molecule has 0 bridgehead atoms. The molecule has 0 aromatic rings. The van der Waals surface area contributed by atoms with Crippen molar-refractivity contribution in [2.75, 3.05) is 33.4 Å². The minimum absolute atomic E-state index is 0.281. The van der Waals surface area contributed by atoms with Crippen LogP contribution in [-0.4, -0.2) is 49.8 Å². The molecule has 1 saturated heterocycles. The van der Waals surface area contributed by atoms with Gasteiger partial charge in [-0.1, -0.05) is 27.7 Å². The third kappa shape index (κ3) is 5.05. The summed E-state index contributed by atoms with van der Waals surface area (Å²) < 4.78 is 5.16. The van der Waals surface area contributed by atoms with Crippen LogP contribution < -0.4 is 5.32 Å². The van der Waals surface area contributed by atoms with Crippen molar-refractivity contribution >= 4 is 0 Å². The molecule has 0 amide bonds. The van der Waals surface area contributed by atoms with Crippen LogP contribution in [0.1, 0.15) is 53.9 Å². The van der Waals surface area contributed by atoms with Gasteiger partial charge in [0, 0.05) is 38.4 Å². The van der Waals surface area contributed by atoms with Crippen molar-refractivity contribution in [3.05, 3.63) is 0 Å². The Balaban J connectivity index is 2.61. The highest BCUT2D eigenvalue weighted by Gasteiger charge is 2.39. The fraction of sp³-hybridized carbons (Fsp3) is 1.00. The molecule has 3 nitrogen and oxygen atoms in total. The first kappa shape index (κ1) is 16.9. The quantitative estimate of drug-likeness (QED) is 0.751. The molecule has 2 atom stereocenters. The first-order chi connectivity index (χ1) is 8.82. The summed E-state index contributed by atoms with van der Waals surface area (Å²) in [5.41, 5.74) is 0.617. The molecule has 1 aliphatic heterocycles. The predicted octanol–water partition coefficient (Wildman–Crippen LogP) is 2.90. The number of methoxy groups -OCH3 is 1. The largest absolute Gasteiger partial charge is 0.385 e. The Morgan fingerprint density at radius 3 is 2.53 bits per heavy atom. The molecular formula is C16H34N2O. The number of rotatable bonds is 6. The van der Waals surface area contributed by atoms with Crippen LogP contribution in [0.15, 0.2) is 0 Å². The Kier molecular flexibility index (Phi) is 6.28. The van der Waals surface area contributed by atoms with E-state index in [9.17, 15) is 0 Å². The smallest absolute Gasteiger partial charge is 0.0462 e. The van der Waals surface area contributed by atoms with Gasteiger partial charge in [0.25, 0.3) is 0 Å². The van der Waals surface area contributed by atoms with Crippen LogP contribution in [0.2, 0.25) is 0 Å². The van der Waals surface area contributed by atoms with E-state index in [1.807, 2.05) is 0 Å². The molecule has 1 N–H and O–H groups in total. The van der Waals surface area contributed by atoms with Crippen molar-refractivity contribution in [1.82, 2.24) is 10.2 Å². The van der Waals surface area contributed by atoms with Crippen LogP contribution in [0, 0.1) is 5.41 Å². The summed E-state index contributed by atoms with van der Waals surface area (Å²) in [6, 6.07) is 0.634. The van der Waals surface area contributed by atoms with Crippen LogP contribution in [-0.2, 0) is 4.74 Å². The highest BCUT2D eigenvalue weighted by molar-refractivity contribution is 4.98. The van der Waals surface area contributed by atoms with E-state index in [2.05, 4.69) is 44.8 Å². The van der Waals surface area contributed by atoms with Crippen LogP contribution in [0.25, 0.3) is 0 Å². The molecule has 1 aliphatic rings. The zero-order chi connectivity index (χ0) is 14.5. The molecule has 0 spiro atoms. The summed E-state index contributed by atoms with van der Waals surface area (Å²) in [5.74, 6) is 0. The molecule has 114 valence electrons. The number of piperazine rings is 1. The second-order valence-electron chi connectivity index (χ2n) is 7.35. The first-order valence-corrected chi connectivity index (χ1v) is 7.80. The fourth-order valence-electron chi connectivity index (χ4n) is 2.97. The van der Waals surface area contributed by atoms with E-state index in [1.54, 1.807) is 7.11 Å². The van der Waals surface area contributed by atoms with Crippen LogP contribution in [0.4, 0.5) is 0 Å². The maximum absolute atomic E-state index is 5.16. The van der Waals surface area contributed by atoms with E-state index in [-0.39, 0.29) is 5.54 Å². The van der Waals surface area contributed by atoms with Crippen LogP contribution >= 0.6 is 0 Å². The normalized spacial score (nSPS) is 29.7. The molecule has 1 heterocycles. The standard InChI is InChI=1S/C16H34N2O/c1-7-16(5)13-18(10-8-9-11-19-6)14(12-17-16)15(2,3)4/h14,17H,7-13H2,1-6H3. The molecule has 0 saturated carbocycles. The van der Waals surface area contributed by atoms with E-state index in [1.165, 1.54) is 32.4 Å². The van der Waals surface area contributed by atoms with E-state index in [0.29, 0.717) is 11.5 Å². The zero-order valence-corrected chi connectivity index (χ0v) is 13.9. The van der Waals surface area contributed by atoms with Crippen molar-refractivity contribution in [3.63, 3.8) is 0 Å². The SMILES string of the molecule is CCC1(C)CN(CCCCOC)C(C(C)(C)C)CN1. The fourth-order valence-corrected chi connectivity index (χ4v) is 2.97. The predicted molar refractivity (Wildman–Crippen MR) is 82.6 cm³/mol. The lowest BCUT2D eigenvalue weighted by molar-refractivity contribution is 0.0241. The van der Waals surface area contributed by atoms with Gasteiger partial charge >= 0.3 is 0 Å². The van der Waals surface area contributed by atoms with Gasteiger partial charge in [0.2, 0.25) is 0 Å². The van der Waals surface area contributed by atoms with Gasteiger partial charge in [0.1, 0.15) is 0 Å². The van der Waals surface area contributed by atoms with E-state index in [4.69, 9.17) is 4.74 Å². The van der Waals surface area contributed by atoms with Crippen molar-refractivity contribution < 1.29 is 4.74 Å². The lowest BCUT2D eigenvalue weighted by Gasteiger charge is -2.50. The van der Waals surface area contributed by atoms with Gasteiger partial charge in [-0.2, -0.15) is 0 Å². The van der Waals surface area contributed by atoms with E-state index >= 15 is 0 Å². The molecule has 1 fully saturated rings. The Morgan fingerprint density at radius 1 is 1.32 bits per heavy atom. The molecule has 3 heteroatoms. The number of nitrogens with zero attached hydrogens (tertiary/aromatic N) is 1. The maximum atomic E-state index is 5.16. The average Bonchev–Trinajstić information content (AvgIpc) is 2.33. The second kappa shape index (κ2) is 7.05.